The normalized spacial score (nSPS) is 21.1. The Morgan fingerprint density at radius 3 is 2.47 bits per heavy atom. The lowest BCUT2D eigenvalue weighted by Gasteiger charge is -2.28. The molecule has 4 rings (SSSR count). The van der Waals surface area contributed by atoms with E-state index in [2.05, 4.69) is 26.1 Å². The molecule has 1 N–H and O–H groups in total. The van der Waals surface area contributed by atoms with E-state index in [1.807, 2.05) is 42.3 Å². The second-order valence-corrected chi connectivity index (χ2v) is 9.81. The van der Waals surface area contributed by atoms with Crippen molar-refractivity contribution in [1.29, 1.82) is 0 Å². The Labute approximate surface area is 224 Å². The third-order valence-corrected chi connectivity index (χ3v) is 6.96. The molecule has 2 aliphatic rings. The molecule has 9 heteroatoms. The van der Waals surface area contributed by atoms with E-state index in [-0.39, 0.29) is 41.8 Å². The van der Waals surface area contributed by atoms with Crippen LogP contribution in [-0.2, 0) is 4.79 Å². The predicted octanol–water partition coefficient (Wildman–Crippen LogP) is 6.49. The zero-order valence-electron chi connectivity index (χ0n) is 17.7. The number of nitrogens with zero attached hydrogens (tertiary/aromatic N) is 3. The van der Waals surface area contributed by atoms with E-state index in [0.717, 1.165) is 28.8 Å². The highest BCUT2D eigenvalue weighted by Crippen LogP contribution is 2.42. The molecule has 0 radical (unpaired) electrons. The van der Waals surface area contributed by atoms with Crippen molar-refractivity contribution in [3.05, 3.63) is 62.5 Å². The van der Waals surface area contributed by atoms with Crippen LogP contribution in [0, 0.1) is 5.92 Å². The van der Waals surface area contributed by atoms with Gasteiger partial charge in [-0.2, -0.15) is 5.10 Å². The summed E-state index contributed by atoms with van der Waals surface area (Å²) in [5, 5.41) is 10.7. The van der Waals surface area contributed by atoms with Crippen LogP contribution in [0.25, 0.3) is 0 Å². The van der Waals surface area contributed by atoms with Crippen LogP contribution in [0.2, 0.25) is 10.0 Å². The molecule has 1 fully saturated rings. The van der Waals surface area contributed by atoms with Crippen molar-refractivity contribution in [2.75, 3.05) is 24.8 Å². The minimum Gasteiger partial charge on any atom is -0.338 e. The van der Waals surface area contributed by atoms with E-state index in [0.29, 0.717) is 22.4 Å². The van der Waals surface area contributed by atoms with Crippen molar-refractivity contribution in [1.82, 2.24) is 10.2 Å². The number of hydrogen-bond donors (Lipinski definition) is 1. The van der Waals surface area contributed by atoms with Gasteiger partial charge in [-0.3, -0.25) is 14.7 Å². The lowest BCUT2D eigenvalue weighted by molar-refractivity contribution is -0.115. The number of nitrogens with one attached hydrogen (secondary N) is 1. The first-order valence-corrected chi connectivity index (χ1v) is 12.1. The maximum atomic E-state index is 13.1. The molecule has 1 amide bonds. The van der Waals surface area contributed by atoms with Gasteiger partial charge < -0.3 is 5.32 Å². The van der Waals surface area contributed by atoms with Crippen molar-refractivity contribution < 1.29 is 4.79 Å². The molecular formula is C23H26BrCl2IN4O. The van der Waals surface area contributed by atoms with Crippen molar-refractivity contribution in [3.63, 3.8) is 0 Å². The standard InChI is InChI=1S/C23H25BrCl2N4O.HI/c1-15-21(23(31)27-14-29-11-3-2-4-12-29)28-30(20-10-9-18(25)13-19(20)26)22(15)16-5-7-17(24)8-6-16;/h5-10,13,15,22H,2-4,11-12,14H2,1H3,(H,27,31);1H. The van der Waals surface area contributed by atoms with Crippen LogP contribution >= 0.6 is 63.1 Å². The Hall–Kier alpha value is -0.870. The highest BCUT2D eigenvalue weighted by molar-refractivity contribution is 14.0. The van der Waals surface area contributed by atoms with Gasteiger partial charge >= 0.3 is 0 Å². The Balaban J connectivity index is 0.00000289. The number of hydrazone groups is 1. The number of hydrogen-bond acceptors (Lipinski definition) is 4. The van der Waals surface area contributed by atoms with Gasteiger partial charge in [0.15, 0.2) is 0 Å². The van der Waals surface area contributed by atoms with Gasteiger partial charge in [-0.1, -0.05) is 64.6 Å². The molecule has 0 saturated carbocycles. The van der Waals surface area contributed by atoms with Crippen LogP contribution in [0.5, 0.6) is 0 Å². The lowest BCUT2D eigenvalue weighted by atomic mass is 9.91. The smallest absolute Gasteiger partial charge is 0.268 e. The number of halogens is 4. The molecule has 2 heterocycles. The van der Waals surface area contributed by atoms with E-state index in [1.54, 1.807) is 12.1 Å². The van der Waals surface area contributed by atoms with Gasteiger partial charge in [0.05, 0.1) is 23.4 Å². The number of carbonyl (C=O) groups is 1. The van der Waals surface area contributed by atoms with Crippen molar-refractivity contribution in [3.8, 4) is 0 Å². The van der Waals surface area contributed by atoms with Crippen LogP contribution in [0.15, 0.2) is 52.0 Å². The predicted molar refractivity (Wildman–Crippen MR) is 146 cm³/mol. The number of rotatable bonds is 5. The molecule has 0 bridgehead atoms. The van der Waals surface area contributed by atoms with E-state index in [1.165, 1.54) is 19.3 Å². The van der Waals surface area contributed by atoms with Crippen LogP contribution in [-0.4, -0.2) is 36.3 Å². The highest BCUT2D eigenvalue weighted by Gasteiger charge is 2.40. The second-order valence-electron chi connectivity index (χ2n) is 8.05. The van der Waals surface area contributed by atoms with E-state index < -0.39 is 0 Å². The summed E-state index contributed by atoms with van der Waals surface area (Å²) >= 11 is 16.1. The summed E-state index contributed by atoms with van der Waals surface area (Å²) in [4.78, 5) is 15.4. The Bertz CT molecular complexity index is 982. The number of piperidine rings is 1. The maximum absolute atomic E-state index is 13.1. The van der Waals surface area contributed by atoms with E-state index >= 15 is 0 Å². The molecule has 32 heavy (non-hydrogen) atoms. The molecule has 2 atom stereocenters. The molecule has 0 aliphatic carbocycles. The molecule has 5 nitrogen and oxygen atoms in total. The third-order valence-electron chi connectivity index (χ3n) is 5.90. The zero-order valence-corrected chi connectivity index (χ0v) is 23.2. The summed E-state index contributed by atoms with van der Waals surface area (Å²) < 4.78 is 0.999. The number of anilines is 1. The molecule has 1 saturated heterocycles. The Morgan fingerprint density at radius 1 is 1.12 bits per heavy atom. The van der Waals surface area contributed by atoms with Gasteiger partial charge in [-0.25, -0.2) is 0 Å². The largest absolute Gasteiger partial charge is 0.338 e. The molecule has 0 spiro atoms. The summed E-state index contributed by atoms with van der Waals surface area (Å²) in [6.45, 7) is 4.64. The monoisotopic (exact) mass is 650 g/mol. The zero-order chi connectivity index (χ0) is 22.0. The number of benzene rings is 2. The summed E-state index contributed by atoms with van der Waals surface area (Å²) in [6.07, 6.45) is 3.63. The summed E-state index contributed by atoms with van der Waals surface area (Å²) in [7, 11) is 0. The van der Waals surface area contributed by atoms with Gasteiger partial charge in [0.2, 0.25) is 0 Å². The molecule has 2 unspecified atom stereocenters. The molecular weight excluding hydrogens is 626 g/mol. The number of likely N-dealkylation sites (tertiary alicyclic amines) is 1. The van der Waals surface area contributed by atoms with E-state index in [4.69, 9.17) is 28.3 Å². The fourth-order valence-electron chi connectivity index (χ4n) is 4.24. The van der Waals surface area contributed by atoms with Gasteiger partial charge in [0, 0.05) is 15.4 Å². The average molecular weight is 652 g/mol. The SMILES string of the molecule is CC1C(C(=O)NCN2CCCCC2)=NN(c2ccc(Cl)cc2Cl)C1c1ccc(Br)cc1.I. The van der Waals surface area contributed by atoms with Gasteiger partial charge in [0.25, 0.3) is 5.91 Å². The van der Waals surface area contributed by atoms with Gasteiger partial charge in [-0.15, -0.1) is 24.0 Å². The summed E-state index contributed by atoms with van der Waals surface area (Å²) in [5.74, 6) is -0.248. The first kappa shape index (κ1) is 25.7. The fraction of sp³-hybridized carbons (Fsp3) is 0.391. The molecule has 2 aromatic carbocycles. The van der Waals surface area contributed by atoms with E-state index in [9.17, 15) is 4.79 Å². The van der Waals surface area contributed by atoms with Crippen molar-refractivity contribution in [2.45, 2.75) is 32.2 Å². The second kappa shape index (κ2) is 11.5. The first-order chi connectivity index (χ1) is 14.9. The third kappa shape index (κ3) is 5.78. The van der Waals surface area contributed by atoms with Gasteiger partial charge in [-0.05, 0) is 61.8 Å². The average Bonchev–Trinajstić information content (AvgIpc) is 3.10. The fourth-order valence-corrected chi connectivity index (χ4v) is 4.99. The lowest BCUT2D eigenvalue weighted by Crippen LogP contribution is -2.43. The minimum atomic E-state index is -0.150. The van der Waals surface area contributed by atoms with Crippen LogP contribution in [0.4, 0.5) is 5.69 Å². The maximum Gasteiger partial charge on any atom is 0.268 e. The van der Waals surface area contributed by atoms with Crippen molar-refractivity contribution >= 4 is 80.4 Å². The minimum absolute atomic E-state index is 0. The van der Waals surface area contributed by atoms with Crippen LogP contribution < -0.4 is 10.3 Å². The Morgan fingerprint density at radius 2 is 1.81 bits per heavy atom. The first-order valence-electron chi connectivity index (χ1n) is 10.5. The Kier molecular flexibility index (Phi) is 9.26. The molecule has 172 valence electrons. The number of amides is 1. The summed E-state index contributed by atoms with van der Waals surface area (Å²) in [5.41, 5.74) is 2.30. The molecule has 2 aromatic rings. The topological polar surface area (TPSA) is 47.9 Å². The summed E-state index contributed by atoms with van der Waals surface area (Å²) in [6, 6.07) is 13.3. The van der Waals surface area contributed by atoms with Crippen LogP contribution in [0.1, 0.15) is 37.8 Å². The molecule has 2 aliphatic heterocycles. The van der Waals surface area contributed by atoms with Gasteiger partial charge in [0.1, 0.15) is 5.71 Å². The number of carbonyl (C=O) groups excluding carboxylic acids is 1. The quantitative estimate of drug-likeness (QED) is 0.376. The highest BCUT2D eigenvalue weighted by atomic mass is 127. The molecule has 0 aromatic heterocycles. The van der Waals surface area contributed by atoms with Crippen LogP contribution in [0.3, 0.4) is 0 Å². The van der Waals surface area contributed by atoms with Crippen molar-refractivity contribution in [2.24, 2.45) is 11.0 Å².